The summed E-state index contributed by atoms with van der Waals surface area (Å²) >= 11 is 0. The molecule has 0 bridgehead atoms. The summed E-state index contributed by atoms with van der Waals surface area (Å²) in [4.78, 5) is 138. The zero-order valence-corrected chi connectivity index (χ0v) is 37.7. The summed E-state index contributed by atoms with van der Waals surface area (Å²) in [7, 11) is 0. The van der Waals surface area contributed by atoms with Crippen LogP contribution in [0.25, 0.3) is 0 Å². The number of aliphatic hydroxyl groups is 1. The smallest absolute Gasteiger partial charge is 0.328 e. The van der Waals surface area contributed by atoms with Crippen molar-refractivity contribution >= 4 is 71.1 Å². The second-order valence-electron chi connectivity index (χ2n) is 15.6. The number of likely N-dealkylation sites (tertiary alicyclic amines) is 1. The first kappa shape index (κ1) is 58.1. The third-order valence-corrected chi connectivity index (χ3v) is 9.97. The first-order valence-corrected chi connectivity index (χ1v) is 21.5. The molecule has 378 valence electrons. The number of aliphatic hydroxyl groups excluding tert-OH is 1. The van der Waals surface area contributed by atoms with Gasteiger partial charge in [0.05, 0.1) is 25.6 Å². The second-order valence-corrected chi connectivity index (χ2v) is 15.6. The van der Waals surface area contributed by atoms with Gasteiger partial charge in [0.15, 0.2) is 11.9 Å². The molecule has 29 heteroatoms. The SMILES string of the molecule is C[C@H](N)C(=O)N[C@@H](CCCN=C(N)N)C(=O)N1CCC[C@H]1C(=O)N[C@@H](C)C(=O)N[C@@H](CCCCN)C(=O)N[C@@H](CCCN=C(N)N)C(=O)NCC(=O)N[C@@H](CC(=O)O)C(=O)N[C@@H](CO)C(=O)O. The van der Waals surface area contributed by atoms with Crippen molar-refractivity contribution < 1.29 is 63.3 Å². The summed E-state index contributed by atoms with van der Waals surface area (Å²) in [6.45, 7) is 1.50. The number of carbonyl (C=O) groups is 10. The Morgan fingerprint density at radius 2 is 1.18 bits per heavy atom. The molecule has 1 rings (SSSR count). The number of nitrogens with two attached hydrogens (primary N) is 6. The van der Waals surface area contributed by atoms with Crippen LogP contribution in [0.4, 0.5) is 0 Å². The second kappa shape index (κ2) is 30.3. The Kier molecular flexibility index (Phi) is 26.3. The predicted octanol–water partition coefficient (Wildman–Crippen LogP) is -7.84. The van der Waals surface area contributed by atoms with E-state index in [4.69, 9.17) is 39.5 Å². The Labute approximate surface area is 386 Å². The van der Waals surface area contributed by atoms with Crippen LogP contribution in [0.5, 0.6) is 0 Å². The number of aliphatic carboxylic acids is 2. The first-order valence-electron chi connectivity index (χ1n) is 21.5. The number of rotatable bonds is 31. The molecule has 0 spiro atoms. The van der Waals surface area contributed by atoms with E-state index in [9.17, 15) is 58.2 Å². The van der Waals surface area contributed by atoms with Crippen molar-refractivity contribution in [1.82, 2.24) is 42.1 Å². The summed E-state index contributed by atoms with van der Waals surface area (Å²) in [6.07, 6.45) is 0.901. The van der Waals surface area contributed by atoms with Crippen LogP contribution in [-0.2, 0) is 47.9 Å². The minimum absolute atomic E-state index is 0.0130. The van der Waals surface area contributed by atoms with E-state index in [1.807, 2.05) is 5.32 Å². The average molecular weight is 957 g/mol. The molecule has 0 aromatic carbocycles. The average Bonchev–Trinajstić information content (AvgIpc) is 3.75. The standard InChI is InChI=1S/C38H68N16O13/c1-19(40)29(59)52-23(10-6-14-46-38(43)44)35(65)54-15-7-11-26(54)34(64)48-20(2)30(60)50-22(8-3-4-12-39)32(62)51-21(9-5-13-45-37(41)42)31(61)47-17-27(56)49-24(16-28(57)58)33(63)53-25(18-55)36(66)67/h19-26,55H,3-18,39-40H2,1-2H3,(H,47,61)(H,48,64)(H,49,56)(H,50,60)(H,51,62)(H,52,59)(H,53,63)(H,57,58)(H,66,67)(H4,41,42,45)(H4,43,44,46)/t19-,20-,21-,22-,23-,24-,25-,26-/m0/s1. The van der Waals surface area contributed by atoms with Gasteiger partial charge in [-0.3, -0.25) is 53.1 Å². The third kappa shape index (κ3) is 22.2. The number of aliphatic imine (C=N–C) groups is 2. The van der Waals surface area contributed by atoms with Crippen molar-refractivity contribution in [3.05, 3.63) is 0 Å². The van der Waals surface area contributed by atoms with Crippen LogP contribution in [-0.4, -0.2) is 179 Å². The zero-order valence-electron chi connectivity index (χ0n) is 37.7. The molecule has 1 saturated heterocycles. The number of carboxylic acids is 2. The number of carboxylic acid groups (broad SMARTS) is 2. The third-order valence-electron chi connectivity index (χ3n) is 9.97. The summed E-state index contributed by atoms with van der Waals surface area (Å²) in [5.74, 6) is -10.3. The molecule has 0 radical (unpaired) electrons. The van der Waals surface area contributed by atoms with Gasteiger partial charge >= 0.3 is 11.9 Å². The minimum Gasteiger partial charge on any atom is -0.481 e. The van der Waals surface area contributed by atoms with Crippen molar-refractivity contribution in [2.75, 3.05) is 39.3 Å². The molecule has 29 nitrogen and oxygen atoms in total. The number of unbranched alkanes of at least 4 members (excludes halogenated alkanes) is 1. The molecule has 0 unspecified atom stereocenters. The van der Waals surface area contributed by atoms with E-state index in [2.05, 4.69) is 41.9 Å². The van der Waals surface area contributed by atoms with Gasteiger partial charge in [-0.1, -0.05) is 0 Å². The van der Waals surface area contributed by atoms with Crippen LogP contribution >= 0.6 is 0 Å². The summed E-state index contributed by atoms with van der Waals surface area (Å²) < 4.78 is 0. The van der Waals surface area contributed by atoms with Crippen molar-refractivity contribution in [2.24, 2.45) is 44.4 Å². The number of nitrogens with zero attached hydrogens (tertiary/aromatic N) is 3. The van der Waals surface area contributed by atoms with E-state index < -0.39 is 127 Å². The highest BCUT2D eigenvalue weighted by molar-refractivity contribution is 5.98. The van der Waals surface area contributed by atoms with Crippen molar-refractivity contribution in [2.45, 2.75) is 126 Å². The number of nitrogens with one attached hydrogen (secondary N) is 7. The van der Waals surface area contributed by atoms with Crippen LogP contribution in [0.3, 0.4) is 0 Å². The normalized spacial score (nSPS) is 16.2. The quantitative estimate of drug-likeness (QED) is 0.0174. The highest BCUT2D eigenvalue weighted by Crippen LogP contribution is 2.20. The lowest BCUT2D eigenvalue weighted by Gasteiger charge is -2.30. The van der Waals surface area contributed by atoms with Crippen molar-refractivity contribution in [1.29, 1.82) is 0 Å². The molecule has 0 aromatic heterocycles. The Morgan fingerprint density at radius 3 is 1.72 bits per heavy atom. The Morgan fingerprint density at radius 1 is 0.657 bits per heavy atom. The van der Waals surface area contributed by atoms with Gasteiger partial charge in [0.25, 0.3) is 0 Å². The fourth-order valence-electron chi connectivity index (χ4n) is 6.42. The van der Waals surface area contributed by atoms with Crippen LogP contribution in [0.1, 0.15) is 78.1 Å². The topological polar surface area (TPSA) is 500 Å². The number of hydrogen-bond acceptors (Lipinski definition) is 15. The highest BCUT2D eigenvalue weighted by atomic mass is 16.4. The Balaban J connectivity index is 3.18. The van der Waals surface area contributed by atoms with Crippen LogP contribution < -0.4 is 71.6 Å². The fourth-order valence-corrected chi connectivity index (χ4v) is 6.42. The van der Waals surface area contributed by atoms with Gasteiger partial charge in [0.2, 0.25) is 47.3 Å². The van der Waals surface area contributed by atoms with Crippen LogP contribution in [0.2, 0.25) is 0 Å². The number of carbonyl (C=O) groups excluding carboxylic acids is 8. The predicted molar refractivity (Wildman–Crippen MR) is 238 cm³/mol. The number of guanidine groups is 2. The molecular formula is C38H68N16O13. The van der Waals surface area contributed by atoms with Gasteiger partial charge in [-0.25, -0.2) is 4.79 Å². The summed E-state index contributed by atoms with van der Waals surface area (Å²) in [6, 6.07) is -10.6. The largest absolute Gasteiger partial charge is 0.481 e. The molecule has 1 aliphatic heterocycles. The lowest BCUT2D eigenvalue weighted by atomic mass is 10.1. The van der Waals surface area contributed by atoms with Crippen molar-refractivity contribution in [3.8, 4) is 0 Å². The molecule has 0 saturated carbocycles. The van der Waals surface area contributed by atoms with E-state index in [0.29, 0.717) is 25.7 Å². The molecule has 22 N–H and O–H groups in total. The van der Waals surface area contributed by atoms with E-state index in [1.165, 1.54) is 18.7 Å². The molecular weight excluding hydrogens is 889 g/mol. The van der Waals surface area contributed by atoms with E-state index >= 15 is 0 Å². The molecule has 67 heavy (non-hydrogen) atoms. The van der Waals surface area contributed by atoms with Gasteiger partial charge in [-0.05, 0) is 78.2 Å². The molecule has 1 fully saturated rings. The summed E-state index contributed by atoms with van der Waals surface area (Å²) in [5, 5.41) is 44.1. The van der Waals surface area contributed by atoms with Crippen LogP contribution in [0, 0.1) is 0 Å². The molecule has 1 heterocycles. The maximum atomic E-state index is 13.8. The molecule has 1 aliphatic rings. The minimum atomic E-state index is -1.82. The lowest BCUT2D eigenvalue weighted by Crippen LogP contribution is -2.59. The monoisotopic (exact) mass is 957 g/mol. The van der Waals surface area contributed by atoms with E-state index in [1.54, 1.807) is 0 Å². The van der Waals surface area contributed by atoms with E-state index in [-0.39, 0.29) is 70.2 Å². The van der Waals surface area contributed by atoms with Gasteiger partial charge in [0, 0.05) is 19.6 Å². The van der Waals surface area contributed by atoms with Crippen molar-refractivity contribution in [3.63, 3.8) is 0 Å². The lowest BCUT2D eigenvalue weighted by molar-refractivity contribution is -0.144. The fraction of sp³-hybridized carbons (Fsp3) is 0.684. The van der Waals surface area contributed by atoms with E-state index in [0.717, 1.165) is 0 Å². The molecule has 0 aromatic rings. The summed E-state index contributed by atoms with van der Waals surface area (Å²) in [5.41, 5.74) is 32.9. The van der Waals surface area contributed by atoms with Gasteiger partial charge in [-0.2, -0.15) is 0 Å². The van der Waals surface area contributed by atoms with Crippen LogP contribution in [0.15, 0.2) is 9.98 Å². The maximum Gasteiger partial charge on any atom is 0.328 e. The number of hydrogen-bond donors (Lipinski definition) is 16. The molecule has 0 aliphatic carbocycles. The maximum absolute atomic E-state index is 13.8. The molecule has 8 atom stereocenters. The number of amides is 8. The molecule has 8 amide bonds. The van der Waals surface area contributed by atoms with Gasteiger partial charge < -0.3 is 91.8 Å². The first-order chi connectivity index (χ1) is 31.5. The highest BCUT2D eigenvalue weighted by Gasteiger charge is 2.39. The van der Waals surface area contributed by atoms with Gasteiger partial charge in [-0.15, -0.1) is 0 Å². The Bertz CT molecular complexity index is 1790. The van der Waals surface area contributed by atoms with Gasteiger partial charge in [0.1, 0.15) is 42.3 Å². The Hall–Kier alpha value is -6.88. The zero-order chi connectivity index (χ0) is 50.8.